The molecule has 0 aromatic carbocycles. The molecule has 2 rings (SSSR count). The van der Waals surface area contributed by atoms with E-state index in [0.29, 0.717) is 5.96 Å². The summed E-state index contributed by atoms with van der Waals surface area (Å²) in [6.07, 6.45) is 3.08. The van der Waals surface area contributed by atoms with Crippen molar-refractivity contribution in [1.82, 2.24) is 25.3 Å². The summed E-state index contributed by atoms with van der Waals surface area (Å²) in [6.45, 7) is 11.0. The minimum absolute atomic E-state index is 0. The van der Waals surface area contributed by atoms with E-state index in [2.05, 4.69) is 34.6 Å². The molecular formula is C18H33IN6O. The summed E-state index contributed by atoms with van der Waals surface area (Å²) in [5.41, 5.74) is 3.53. The number of nitrogens with one attached hydrogen (secondary N) is 2. The van der Waals surface area contributed by atoms with Gasteiger partial charge in [-0.15, -0.1) is 24.0 Å². The van der Waals surface area contributed by atoms with Crippen LogP contribution in [-0.4, -0.2) is 58.8 Å². The molecule has 1 atom stereocenters. The van der Waals surface area contributed by atoms with E-state index >= 15 is 0 Å². The Morgan fingerprint density at radius 1 is 1.31 bits per heavy atom. The number of carbonyl (C=O) groups excluding carboxylic acids is 1. The third-order valence-corrected chi connectivity index (χ3v) is 4.73. The second kappa shape index (κ2) is 10.7. The zero-order valence-electron chi connectivity index (χ0n) is 16.6. The van der Waals surface area contributed by atoms with Crippen molar-refractivity contribution >= 4 is 35.8 Å². The maximum atomic E-state index is 12.2. The van der Waals surface area contributed by atoms with Crippen LogP contribution in [0.5, 0.6) is 0 Å². The first-order valence-electron chi connectivity index (χ1n) is 9.24. The van der Waals surface area contributed by atoms with E-state index in [-0.39, 0.29) is 42.5 Å². The Balaban J connectivity index is 0.00000338. The van der Waals surface area contributed by atoms with Gasteiger partial charge in [-0.3, -0.25) is 9.48 Å². The maximum Gasteiger partial charge on any atom is 0.244 e. The normalized spacial score (nSPS) is 15.6. The average molecular weight is 476 g/mol. The molecule has 0 radical (unpaired) electrons. The van der Waals surface area contributed by atoms with Gasteiger partial charge in [0, 0.05) is 38.4 Å². The van der Waals surface area contributed by atoms with Crippen molar-refractivity contribution in [3.63, 3.8) is 0 Å². The largest absolute Gasteiger partial charge is 0.357 e. The predicted molar refractivity (Wildman–Crippen MR) is 116 cm³/mol. The number of aliphatic imine (C=N–C) groups is 1. The van der Waals surface area contributed by atoms with Crippen LogP contribution in [0.15, 0.2) is 4.99 Å². The SMILES string of the molecule is CCNC(=NCC(=O)N1CCCC1)NC(C)Cc1c(C)nn(C)c1C.I. The lowest BCUT2D eigenvalue weighted by atomic mass is 10.1. The monoisotopic (exact) mass is 476 g/mol. The lowest BCUT2D eigenvalue weighted by Crippen LogP contribution is -2.44. The summed E-state index contributed by atoms with van der Waals surface area (Å²) in [4.78, 5) is 18.5. The molecular weight excluding hydrogens is 443 g/mol. The molecule has 8 heteroatoms. The molecule has 7 nitrogen and oxygen atoms in total. The summed E-state index contributed by atoms with van der Waals surface area (Å²) in [7, 11) is 1.97. The van der Waals surface area contributed by atoms with Crippen molar-refractivity contribution in [1.29, 1.82) is 0 Å². The van der Waals surface area contributed by atoms with Gasteiger partial charge in [-0.1, -0.05) is 0 Å². The average Bonchev–Trinajstić information content (AvgIpc) is 3.18. The third-order valence-electron chi connectivity index (χ3n) is 4.73. The molecule has 1 saturated heterocycles. The van der Waals surface area contributed by atoms with Gasteiger partial charge < -0.3 is 15.5 Å². The molecule has 0 aliphatic carbocycles. The Kier molecular flexibility index (Phi) is 9.38. The Bertz CT molecular complexity index is 621. The van der Waals surface area contributed by atoms with Gasteiger partial charge in [0.05, 0.1) is 5.69 Å². The maximum absolute atomic E-state index is 12.2. The molecule has 1 unspecified atom stereocenters. The fourth-order valence-electron chi connectivity index (χ4n) is 3.24. The molecule has 0 bridgehead atoms. The van der Waals surface area contributed by atoms with Crippen LogP contribution in [0, 0.1) is 13.8 Å². The summed E-state index contributed by atoms with van der Waals surface area (Å²) in [5.74, 6) is 0.808. The molecule has 1 aromatic rings. The number of nitrogens with zero attached hydrogens (tertiary/aromatic N) is 4. The summed E-state index contributed by atoms with van der Waals surface area (Å²) >= 11 is 0. The number of carbonyl (C=O) groups is 1. The number of aromatic nitrogens is 2. The fraction of sp³-hybridized carbons (Fsp3) is 0.722. The zero-order chi connectivity index (χ0) is 18.4. The number of aryl methyl sites for hydroxylation is 2. The van der Waals surface area contributed by atoms with E-state index in [1.54, 1.807) is 0 Å². The molecule has 1 amide bonds. The predicted octanol–water partition coefficient (Wildman–Crippen LogP) is 1.76. The highest BCUT2D eigenvalue weighted by Crippen LogP contribution is 2.14. The van der Waals surface area contributed by atoms with Crippen molar-refractivity contribution in [2.75, 3.05) is 26.2 Å². The highest BCUT2D eigenvalue weighted by Gasteiger charge is 2.18. The van der Waals surface area contributed by atoms with Crippen LogP contribution in [0.1, 0.15) is 43.6 Å². The van der Waals surface area contributed by atoms with Crippen molar-refractivity contribution in [3.8, 4) is 0 Å². The van der Waals surface area contributed by atoms with Crippen LogP contribution in [0.2, 0.25) is 0 Å². The smallest absolute Gasteiger partial charge is 0.244 e. The van der Waals surface area contributed by atoms with E-state index in [1.807, 2.05) is 30.5 Å². The second-order valence-corrected chi connectivity index (χ2v) is 6.81. The fourth-order valence-corrected chi connectivity index (χ4v) is 3.24. The first-order chi connectivity index (χ1) is 11.9. The van der Waals surface area contributed by atoms with Crippen molar-refractivity contribution in [2.24, 2.45) is 12.0 Å². The minimum atomic E-state index is 0. The summed E-state index contributed by atoms with van der Waals surface area (Å²) < 4.78 is 1.92. The molecule has 1 fully saturated rings. The van der Waals surface area contributed by atoms with Crippen LogP contribution >= 0.6 is 24.0 Å². The van der Waals surface area contributed by atoms with Crippen LogP contribution < -0.4 is 10.6 Å². The molecule has 2 N–H and O–H groups in total. The summed E-state index contributed by atoms with van der Waals surface area (Å²) in [6, 6.07) is 0.196. The molecule has 148 valence electrons. The third kappa shape index (κ3) is 6.14. The number of guanidine groups is 1. The lowest BCUT2D eigenvalue weighted by molar-refractivity contribution is -0.128. The lowest BCUT2D eigenvalue weighted by Gasteiger charge is -2.19. The highest BCUT2D eigenvalue weighted by molar-refractivity contribution is 14.0. The van der Waals surface area contributed by atoms with Crippen LogP contribution in [0.3, 0.4) is 0 Å². The van der Waals surface area contributed by atoms with E-state index < -0.39 is 0 Å². The number of halogens is 1. The molecule has 0 saturated carbocycles. The number of rotatable bonds is 6. The number of hydrogen-bond donors (Lipinski definition) is 2. The molecule has 2 heterocycles. The molecule has 1 aliphatic rings. The molecule has 1 aliphatic heterocycles. The van der Waals surface area contributed by atoms with Crippen molar-refractivity contribution in [2.45, 2.75) is 53.0 Å². The van der Waals surface area contributed by atoms with Crippen LogP contribution in [0.25, 0.3) is 0 Å². The molecule has 0 spiro atoms. The molecule has 26 heavy (non-hydrogen) atoms. The second-order valence-electron chi connectivity index (χ2n) is 6.81. The number of hydrogen-bond acceptors (Lipinski definition) is 3. The minimum Gasteiger partial charge on any atom is -0.357 e. The number of likely N-dealkylation sites (tertiary alicyclic amines) is 1. The molecule has 1 aromatic heterocycles. The zero-order valence-corrected chi connectivity index (χ0v) is 19.0. The van der Waals surface area contributed by atoms with Gasteiger partial charge in [0.25, 0.3) is 0 Å². The standard InChI is InChI=1S/C18H32N6O.HI/c1-6-19-18(20-12-17(25)24-9-7-8-10-24)21-13(2)11-16-14(3)22-23(5)15(16)4;/h13H,6-12H2,1-5H3,(H2,19,20,21);1H. The Morgan fingerprint density at radius 2 is 1.96 bits per heavy atom. The Labute approximate surface area is 174 Å². The van der Waals surface area contributed by atoms with Gasteiger partial charge in [0.2, 0.25) is 5.91 Å². The van der Waals surface area contributed by atoms with Gasteiger partial charge in [-0.2, -0.15) is 5.10 Å². The first kappa shape index (κ1) is 22.7. The summed E-state index contributed by atoms with van der Waals surface area (Å²) in [5, 5.41) is 11.1. The van der Waals surface area contributed by atoms with Gasteiger partial charge >= 0.3 is 0 Å². The Morgan fingerprint density at radius 3 is 2.50 bits per heavy atom. The van der Waals surface area contributed by atoms with E-state index in [0.717, 1.165) is 44.6 Å². The van der Waals surface area contributed by atoms with Gasteiger partial charge in [0.15, 0.2) is 5.96 Å². The van der Waals surface area contributed by atoms with E-state index in [9.17, 15) is 4.79 Å². The van der Waals surface area contributed by atoms with Crippen LogP contribution in [0.4, 0.5) is 0 Å². The highest BCUT2D eigenvalue weighted by atomic mass is 127. The van der Waals surface area contributed by atoms with Crippen molar-refractivity contribution < 1.29 is 4.79 Å². The number of amides is 1. The van der Waals surface area contributed by atoms with Gasteiger partial charge in [0.1, 0.15) is 6.54 Å². The van der Waals surface area contributed by atoms with Crippen LogP contribution in [-0.2, 0) is 18.3 Å². The van der Waals surface area contributed by atoms with Gasteiger partial charge in [-0.05, 0) is 52.5 Å². The van der Waals surface area contributed by atoms with E-state index in [4.69, 9.17) is 0 Å². The van der Waals surface area contributed by atoms with Crippen molar-refractivity contribution in [3.05, 3.63) is 17.0 Å². The Hall–Kier alpha value is -1.32. The van der Waals surface area contributed by atoms with Gasteiger partial charge in [-0.25, -0.2) is 4.99 Å². The van der Waals surface area contributed by atoms with E-state index in [1.165, 1.54) is 11.3 Å². The topological polar surface area (TPSA) is 74.6 Å². The quantitative estimate of drug-likeness (QED) is 0.373. The first-order valence-corrected chi connectivity index (χ1v) is 9.24.